The molecule has 0 bridgehead atoms. The molecule has 0 saturated heterocycles. The van der Waals surface area contributed by atoms with E-state index in [1.54, 1.807) is 6.92 Å². The van der Waals surface area contributed by atoms with Gasteiger partial charge in [-0.25, -0.2) is 14.4 Å². The first-order valence-corrected chi connectivity index (χ1v) is 5.41. The van der Waals surface area contributed by atoms with Gasteiger partial charge in [0.05, 0.1) is 7.11 Å². The molecule has 0 fully saturated rings. The summed E-state index contributed by atoms with van der Waals surface area (Å²) in [5, 5.41) is 16.8. The van der Waals surface area contributed by atoms with Gasteiger partial charge in [0, 0.05) is 5.57 Å². The predicted molar refractivity (Wildman–Crippen MR) is 65.1 cm³/mol. The molecule has 0 aliphatic heterocycles. The van der Waals surface area contributed by atoms with Crippen LogP contribution in [0.3, 0.4) is 0 Å². The lowest BCUT2D eigenvalue weighted by atomic mass is 10.4. The Morgan fingerprint density at radius 2 is 1.56 bits per heavy atom. The van der Waals surface area contributed by atoms with E-state index in [-0.39, 0.29) is 15.7 Å². The molecule has 0 spiro atoms. The Balaban J connectivity index is 0.000000360. The SMILES string of the molecule is C=C(C)C(=O)OC.O=C(O)c1ccc(C(=O)O)s1. The van der Waals surface area contributed by atoms with Crippen LogP contribution in [0.1, 0.15) is 26.3 Å². The monoisotopic (exact) mass is 272 g/mol. The van der Waals surface area contributed by atoms with Gasteiger partial charge in [0.15, 0.2) is 0 Å². The van der Waals surface area contributed by atoms with Gasteiger partial charge < -0.3 is 14.9 Å². The summed E-state index contributed by atoms with van der Waals surface area (Å²) in [5.41, 5.74) is 0.433. The molecule has 1 rings (SSSR count). The zero-order chi connectivity index (χ0) is 14.3. The van der Waals surface area contributed by atoms with Crippen molar-refractivity contribution in [2.24, 2.45) is 0 Å². The minimum Gasteiger partial charge on any atom is -0.477 e. The van der Waals surface area contributed by atoms with Gasteiger partial charge in [0.25, 0.3) is 0 Å². The molecule has 0 atom stereocenters. The molecule has 1 heterocycles. The van der Waals surface area contributed by atoms with Crippen molar-refractivity contribution in [2.45, 2.75) is 6.92 Å². The van der Waals surface area contributed by atoms with E-state index < -0.39 is 11.9 Å². The van der Waals surface area contributed by atoms with E-state index in [1.807, 2.05) is 0 Å². The van der Waals surface area contributed by atoms with E-state index in [2.05, 4.69) is 11.3 Å². The molecule has 2 N–H and O–H groups in total. The number of thiophene rings is 1. The zero-order valence-corrected chi connectivity index (χ0v) is 10.6. The highest BCUT2D eigenvalue weighted by Gasteiger charge is 2.10. The highest BCUT2D eigenvalue weighted by atomic mass is 32.1. The van der Waals surface area contributed by atoms with Gasteiger partial charge in [-0.1, -0.05) is 6.58 Å². The van der Waals surface area contributed by atoms with E-state index in [1.165, 1.54) is 19.2 Å². The number of carbonyl (C=O) groups is 3. The van der Waals surface area contributed by atoms with Crippen LogP contribution in [0.25, 0.3) is 0 Å². The summed E-state index contributed by atoms with van der Waals surface area (Å²) in [6, 6.07) is 2.55. The standard InChI is InChI=1S/C6H4O4S.C5H8O2/c7-5(8)3-1-2-4(11-3)6(9)10;1-4(2)5(6)7-3/h1-2H,(H,7,8)(H,9,10);1H2,2-3H3. The maximum absolute atomic E-state index is 10.3. The van der Waals surface area contributed by atoms with Crippen molar-refractivity contribution in [2.75, 3.05) is 7.11 Å². The smallest absolute Gasteiger partial charge is 0.345 e. The van der Waals surface area contributed by atoms with E-state index in [9.17, 15) is 14.4 Å². The third-order valence-electron chi connectivity index (χ3n) is 1.56. The molecule has 0 aliphatic rings. The van der Waals surface area contributed by atoms with E-state index >= 15 is 0 Å². The molecule has 0 amide bonds. The average Bonchev–Trinajstić information content (AvgIpc) is 2.78. The summed E-state index contributed by atoms with van der Waals surface area (Å²) >= 11 is 0.750. The van der Waals surface area contributed by atoms with Crippen molar-refractivity contribution < 1.29 is 29.3 Å². The Morgan fingerprint density at radius 3 is 1.67 bits per heavy atom. The number of hydrogen-bond acceptors (Lipinski definition) is 5. The summed E-state index contributed by atoms with van der Waals surface area (Å²) in [6.45, 7) is 4.95. The van der Waals surface area contributed by atoms with Crippen molar-refractivity contribution in [3.8, 4) is 0 Å². The molecule has 0 aromatic carbocycles. The molecule has 0 saturated carbocycles. The average molecular weight is 272 g/mol. The quantitative estimate of drug-likeness (QED) is 0.643. The fraction of sp³-hybridized carbons (Fsp3) is 0.182. The van der Waals surface area contributed by atoms with Crippen LogP contribution >= 0.6 is 11.3 Å². The minimum atomic E-state index is -1.09. The lowest BCUT2D eigenvalue weighted by Crippen LogP contribution is -1.98. The number of carbonyl (C=O) groups excluding carboxylic acids is 1. The second-order valence-corrected chi connectivity index (χ2v) is 4.13. The number of hydrogen-bond donors (Lipinski definition) is 2. The van der Waals surface area contributed by atoms with Gasteiger partial charge in [0.1, 0.15) is 9.75 Å². The number of carboxylic acids is 2. The van der Waals surface area contributed by atoms with Gasteiger partial charge >= 0.3 is 17.9 Å². The molecular weight excluding hydrogens is 260 g/mol. The first-order chi connectivity index (χ1) is 8.29. The van der Waals surface area contributed by atoms with Gasteiger partial charge in [0.2, 0.25) is 0 Å². The highest BCUT2D eigenvalue weighted by Crippen LogP contribution is 2.15. The second kappa shape index (κ2) is 7.23. The van der Waals surface area contributed by atoms with Gasteiger partial charge in [-0.15, -0.1) is 11.3 Å². The molecule has 98 valence electrons. The van der Waals surface area contributed by atoms with Crippen molar-refractivity contribution in [1.29, 1.82) is 0 Å². The third kappa shape index (κ3) is 5.26. The Labute approximate surface area is 107 Å². The largest absolute Gasteiger partial charge is 0.477 e. The first-order valence-electron chi connectivity index (χ1n) is 4.59. The third-order valence-corrected chi connectivity index (χ3v) is 2.62. The molecule has 18 heavy (non-hydrogen) atoms. The Morgan fingerprint density at radius 1 is 1.17 bits per heavy atom. The van der Waals surface area contributed by atoms with Crippen LogP contribution in [-0.4, -0.2) is 35.2 Å². The zero-order valence-electron chi connectivity index (χ0n) is 9.80. The molecular formula is C11H12O6S. The van der Waals surface area contributed by atoms with Crippen LogP contribution < -0.4 is 0 Å². The van der Waals surface area contributed by atoms with E-state index in [0.717, 1.165) is 11.3 Å². The summed E-state index contributed by atoms with van der Waals surface area (Å²) in [4.78, 5) is 30.8. The Hall–Kier alpha value is -2.15. The van der Waals surface area contributed by atoms with Crippen molar-refractivity contribution in [3.05, 3.63) is 34.0 Å². The summed E-state index contributed by atoms with van der Waals surface area (Å²) < 4.78 is 4.27. The van der Waals surface area contributed by atoms with Crippen LogP contribution in [0.2, 0.25) is 0 Å². The number of ether oxygens (including phenoxy) is 1. The van der Waals surface area contributed by atoms with Crippen LogP contribution in [0, 0.1) is 0 Å². The van der Waals surface area contributed by atoms with Crippen molar-refractivity contribution in [3.63, 3.8) is 0 Å². The molecule has 1 aromatic heterocycles. The maximum Gasteiger partial charge on any atom is 0.345 e. The predicted octanol–water partition coefficient (Wildman–Crippen LogP) is 1.88. The van der Waals surface area contributed by atoms with Crippen LogP contribution in [0.4, 0.5) is 0 Å². The van der Waals surface area contributed by atoms with Crippen molar-refractivity contribution >= 4 is 29.2 Å². The van der Waals surface area contributed by atoms with Gasteiger partial charge in [-0.05, 0) is 19.1 Å². The van der Waals surface area contributed by atoms with E-state index in [0.29, 0.717) is 5.57 Å². The summed E-state index contributed by atoms with van der Waals surface area (Å²) in [6.07, 6.45) is 0. The Bertz CT molecular complexity index is 445. The number of esters is 1. The van der Waals surface area contributed by atoms with E-state index in [4.69, 9.17) is 10.2 Å². The summed E-state index contributed by atoms with van der Waals surface area (Å²) in [5.74, 6) is -2.54. The molecule has 7 heteroatoms. The van der Waals surface area contributed by atoms with Gasteiger partial charge in [-0.3, -0.25) is 0 Å². The number of methoxy groups -OCH3 is 1. The first kappa shape index (κ1) is 15.9. The van der Waals surface area contributed by atoms with Gasteiger partial charge in [-0.2, -0.15) is 0 Å². The lowest BCUT2D eigenvalue weighted by molar-refractivity contribution is -0.136. The molecule has 0 radical (unpaired) electrons. The Kier molecular flexibility index (Phi) is 6.37. The molecule has 0 unspecified atom stereocenters. The van der Waals surface area contributed by atoms with Crippen LogP contribution in [0.5, 0.6) is 0 Å². The minimum absolute atomic E-state index is 0.0439. The topological polar surface area (TPSA) is 101 Å². The molecule has 0 aliphatic carbocycles. The highest BCUT2D eigenvalue weighted by molar-refractivity contribution is 7.15. The number of carboxylic acid groups (broad SMARTS) is 2. The molecule has 6 nitrogen and oxygen atoms in total. The lowest BCUT2D eigenvalue weighted by Gasteiger charge is -1.91. The number of aromatic carboxylic acids is 2. The second-order valence-electron chi connectivity index (χ2n) is 3.05. The van der Waals surface area contributed by atoms with Crippen LogP contribution in [0.15, 0.2) is 24.3 Å². The number of rotatable bonds is 3. The van der Waals surface area contributed by atoms with Crippen molar-refractivity contribution in [1.82, 2.24) is 0 Å². The summed E-state index contributed by atoms with van der Waals surface area (Å²) in [7, 11) is 1.33. The maximum atomic E-state index is 10.3. The normalized spacial score (nSPS) is 8.78. The fourth-order valence-corrected chi connectivity index (χ4v) is 1.43. The fourth-order valence-electron chi connectivity index (χ4n) is 0.742. The molecule has 1 aromatic rings. The van der Waals surface area contributed by atoms with Crippen LogP contribution in [-0.2, 0) is 9.53 Å².